The molecule has 1 aromatic carbocycles. The average molecular weight is 303 g/mol. The molecule has 3 N–H and O–H groups in total. The maximum Gasteiger partial charge on any atom is 0.241 e. The average Bonchev–Trinajstić information content (AvgIpc) is 2.40. The van der Waals surface area contributed by atoms with E-state index in [1.54, 1.807) is 32.2 Å². The lowest BCUT2D eigenvalue weighted by Crippen LogP contribution is -2.32. The van der Waals surface area contributed by atoms with Crippen molar-refractivity contribution in [2.24, 2.45) is 5.73 Å². The molecule has 0 radical (unpaired) electrons. The van der Waals surface area contributed by atoms with Gasteiger partial charge in [0.1, 0.15) is 11.5 Å². The van der Waals surface area contributed by atoms with Crippen molar-refractivity contribution in [1.29, 1.82) is 0 Å². The third kappa shape index (κ3) is 5.67. The second-order valence-electron chi connectivity index (χ2n) is 4.34. The number of carbonyl (C=O) groups is 1. The van der Waals surface area contributed by atoms with E-state index in [9.17, 15) is 4.79 Å². The molecule has 0 heterocycles. The van der Waals surface area contributed by atoms with Gasteiger partial charge in [0.15, 0.2) is 0 Å². The largest absolute Gasteiger partial charge is 0.497 e. The number of anilines is 1. The number of carbonyl (C=O) groups excluding carboxylic acids is 1. The summed E-state index contributed by atoms with van der Waals surface area (Å²) in [5.41, 5.74) is 6.12. The van der Waals surface area contributed by atoms with Gasteiger partial charge in [0.25, 0.3) is 0 Å². The number of nitrogens with two attached hydrogens (primary N) is 1. The van der Waals surface area contributed by atoms with Crippen LogP contribution in [0.2, 0.25) is 0 Å². The minimum absolute atomic E-state index is 0. The minimum Gasteiger partial charge on any atom is -0.497 e. The molecule has 0 saturated heterocycles. The SMILES string of the molecule is CCCCOc1ccc(OC)cc1NC(=O)[C@H](C)N.Cl. The van der Waals surface area contributed by atoms with Crippen molar-refractivity contribution >= 4 is 24.0 Å². The normalized spacial score (nSPS) is 11.2. The highest BCUT2D eigenvalue weighted by atomic mass is 35.5. The number of benzene rings is 1. The molecule has 0 unspecified atom stereocenters. The Morgan fingerprint density at radius 1 is 1.45 bits per heavy atom. The molecule has 1 rings (SSSR count). The summed E-state index contributed by atoms with van der Waals surface area (Å²) in [6, 6.07) is 4.73. The lowest BCUT2D eigenvalue weighted by atomic mass is 10.2. The fraction of sp³-hybridized carbons (Fsp3) is 0.500. The van der Waals surface area contributed by atoms with Crippen molar-refractivity contribution in [3.05, 3.63) is 18.2 Å². The van der Waals surface area contributed by atoms with Crippen LogP contribution in [-0.4, -0.2) is 25.7 Å². The van der Waals surface area contributed by atoms with E-state index < -0.39 is 6.04 Å². The van der Waals surface area contributed by atoms with Gasteiger partial charge in [-0.2, -0.15) is 0 Å². The molecule has 6 heteroatoms. The Kier molecular flexibility index (Phi) is 8.76. The third-order valence-corrected chi connectivity index (χ3v) is 2.61. The Morgan fingerprint density at radius 3 is 2.70 bits per heavy atom. The smallest absolute Gasteiger partial charge is 0.241 e. The van der Waals surface area contributed by atoms with Gasteiger partial charge in [-0.05, 0) is 25.5 Å². The van der Waals surface area contributed by atoms with Crippen LogP contribution in [0.3, 0.4) is 0 Å². The van der Waals surface area contributed by atoms with Gasteiger partial charge in [-0.15, -0.1) is 12.4 Å². The highest BCUT2D eigenvalue weighted by Gasteiger charge is 2.12. The topological polar surface area (TPSA) is 73.6 Å². The van der Waals surface area contributed by atoms with Crippen molar-refractivity contribution < 1.29 is 14.3 Å². The van der Waals surface area contributed by atoms with Crippen LogP contribution in [0.1, 0.15) is 26.7 Å². The molecule has 0 bridgehead atoms. The zero-order valence-corrected chi connectivity index (χ0v) is 13.0. The summed E-state index contributed by atoms with van der Waals surface area (Å²) in [5, 5.41) is 2.74. The van der Waals surface area contributed by atoms with Gasteiger partial charge in [0, 0.05) is 6.07 Å². The Labute approximate surface area is 126 Å². The summed E-state index contributed by atoms with van der Waals surface area (Å²) in [4.78, 5) is 11.7. The van der Waals surface area contributed by atoms with Crippen LogP contribution >= 0.6 is 12.4 Å². The minimum atomic E-state index is -0.574. The Hall–Kier alpha value is -1.46. The summed E-state index contributed by atoms with van der Waals surface area (Å²) < 4.78 is 10.8. The molecule has 114 valence electrons. The molecule has 0 fully saturated rings. The number of amides is 1. The van der Waals surface area contributed by atoms with E-state index in [0.717, 1.165) is 12.8 Å². The van der Waals surface area contributed by atoms with Crippen molar-refractivity contribution in [2.45, 2.75) is 32.7 Å². The summed E-state index contributed by atoms with van der Waals surface area (Å²) in [7, 11) is 1.57. The summed E-state index contributed by atoms with van der Waals surface area (Å²) in [6.45, 7) is 4.34. The first-order chi connectivity index (χ1) is 9.08. The van der Waals surface area contributed by atoms with E-state index >= 15 is 0 Å². The molecular formula is C14H23ClN2O3. The molecular weight excluding hydrogens is 280 g/mol. The van der Waals surface area contributed by atoms with E-state index in [4.69, 9.17) is 15.2 Å². The van der Waals surface area contributed by atoms with Crippen LogP contribution in [0.15, 0.2) is 18.2 Å². The summed E-state index contributed by atoms with van der Waals surface area (Å²) in [6.07, 6.45) is 2.02. The van der Waals surface area contributed by atoms with Gasteiger partial charge in [-0.3, -0.25) is 4.79 Å². The molecule has 0 saturated carbocycles. The zero-order chi connectivity index (χ0) is 14.3. The quantitative estimate of drug-likeness (QED) is 0.759. The molecule has 0 aliphatic carbocycles. The van der Waals surface area contributed by atoms with Gasteiger partial charge < -0.3 is 20.5 Å². The monoisotopic (exact) mass is 302 g/mol. The van der Waals surface area contributed by atoms with Crippen molar-refractivity contribution in [3.8, 4) is 11.5 Å². The lowest BCUT2D eigenvalue weighted by molar-refractivity contribution is -0.117. The van der Waals surface area contributed by atoms with Crippen LogP contribution in [0.4, 0.5) is 5.69 Å². The van der Waals surface area contributed by atoms with E-state index in [1.807, 2.05) is 0 Å². The number of hydrogen-bond donors (Lipinski definition) is 2. The fourth-order valence-electron chi connectivity index (χ4n) is 1.43. The number of ether oxygens (including phenoxy) is 2. The van der Waals surface area contributed by atoms with E-state index in [0.29, 0.717) is 23.8 Å². The molecule has 0 aromatic heterocycles. The first-order valence-electron chi connectivity index (χ1n) is 6.45. The second-order valence-corrected chi connectivity index (χ2v) is 4.34. The molecule has 0 spiro atoms. The Bertz CT molecular complexity index is 425. The highest BCUT2D eigenvalue weighted by molar-refractivity contribution is 5.95. The predicted molar refractivity (Wildman–Crippen MR) is 82.9 cm³/mol. The first kappa shape index (κ1) is 18.5. The van der Waals surface area contributed by atoms with Crippen LogP contribution in [0.5, 0.6) is 11.5 Å². The predicted octanol–water partition coefficient (Wildman–Crippen LogP) is 2.58. The van der Waals surface area contributed by atoms with Crippen LogP contribution in [0.25, 0.3) is 0 Å². The Morgan fingerprint density at radius 2 is 2.15 bits per heavy atom. The maximum atomic E-state index is 11.7. The zero-order valence-electron chi connectivity index (χ0n) is 12.1. The van der Waals surface area contributed by atoms with Crippen molar-refractivity contribution in [2.75, 3.05) is 19.0 Å². The van der Waals surface area contributed by atoms with Crippen molar-refractivity contribution in [1.82, 2.24) is 0 Å². The van der Waals surface area contributed by atoms with Gasteiger partial charge in [-0.1, -0.05) is 13.3 Å². The van der Waals surface area contributed by atoms with E-state index in [1.165, 1.54) is 0 Å². The van der Waals surface area contributed by atoms with Crippen LogP contribution < -0.4 is 20.5 Å². The number of hydrogen-bond acceptors (Lipinski definition) is 4. The van der Waals surface area contributed by atoms with Gasteiger partial charge in [-0.25, -0.2) is 0 Å². The van der Waals surface area contributed by atoms with E-state index in [-0.39, 0.29) is 18.3 Å². The van der Waals surface area contributed by atoms with Crippen LogP contribution in [-0.2, 0) is 4.79 Å². The standard InChI is InChI=1S/C14H22N2O3.ClH/c1-4-5-8-19-13-7-6-11(18-3)9-12(13)16-14(17)10(2)15;/h6-7,9-10H,4-5,8,15H2,1-3H3,(H,16,17);1H/t10-;/m0./s1. The molecule has 1 amide bonds. The summed E-state index contributed by atoms with van der Waals surface area (Å²) in [5.74, 6) is 1.03. The van der Waals surface area contributed by atoms with Gasteiger partial charge in [0.05, 0.1) is 25.4 Å². The number of methoxy groups -OCH3 is 1. The first-order valence-corrected chi connectivity index (χ1v) is 6.45. The third-order valence-electron chi connectivity index (χ3n) is 2.61. The van der Waals surface area contributed by atoms with Gasteiger partial charge in [0.2, 0.25) is 5.91 Å². The second kappa shape index (κ2) is 9.44. The number of rotatable bonds is 7. The maximum absolute atomic E-state index is 11.7. The molecule has 0 aliphatic rings. The molecule has 0 aliphatic heterocycles. The molecule has 20 heavy (non-hydrogen) atoms. The Balaban J connectivity index is 0.00000361. The molecule has 5 nitrogen and oxygen atoms in total. The fourth-order valence-corrected chi connectivity index (χ4v) is 1.43. The number of unbranched alkanes of at least 4 members (excludes halogenated alkanes) is 1. The lowest BCUT2D eigenvalue weighted by Gasteiger charge is -2.14. The van der Waals surface area contributed by atoms with E-state index in [2.05, 4.69) is 12.2 Å². The number of halogens is 1. The highest BCUT2D eigenvalue weighted by Crippen LogP contribution is 2.29. The van der Waals surface area contributed by atoms with Crippen molar-refractivity contribution in [3.63, 3.8) is 0 Å². The summed E-state index contributed by atoms with van der Waals surface area (Å²) >= 11 is 0. The van der Waals surface area contributed by atoms with Crippen LogP contribution in [0, 0.1) is 0 Å². The van der Waals surface area contributed by atoms with Gasteiger partial charge >= 0.3 is 0 Å². The number of nitrogens with one attached hydrogen (secondary N) is 1. The molecule has 1 atom stereocenters. The molecule has 1 aromatic rings.